The van der Waals surface area contributed by atoms with Crippen molar-refractivity contribution in [1.29, 1.82) is 0 Å². The van der Waals surface area contributed by atoms with Crippen LogP contribution in [0, 0.1) is 5.92 Å². The lowest BCUT2D eigenvalue weighted by Gasteiger charge is -2.21. The number of halogens is 2. The van der Waals surface area contributed by atoms with Crippen LogP contribution in [0.4, 0.5) is 0 Å². The van der Waals surface area contributed by atoms with Gasteiger partial charge in [0.15, 0.2) is 0 Å². The van der Waals surface area contributed by atoms with E-state index in [-0.39, 0.29) is 25.4 Å². The van der Waals surface area contributed by atoms with Gasteiger partial charge in [-0.3, -0.25) is 14.9 Å². The van der Waals surface area contributed by atoms with Crippen LogP contribution in [0.15, 0.2) is 60.7 Å². The molecule has 0 saturated carbocycles. The summed E-state index contributed by atoms with van der Waals surface area (Å²) in [6.45, 7) is 4.11. The van der Waals surface area contributed by atoms with Gasteiger partial charge in [-0.15, -0.1) is 0 Å². The molecule has 0 saturated heterocycles. The molecule has 0 aromatic heterocycles. The highest BCUT2D eigenvalue weighted by atomic mass is 35.5. The number of amides is 2. The Balaban J connectivity index is 1.22. The number of ether oxygens (including phenoxy) is 4. The predicted molar refractivity (Wildman–Crippen MR) is 215 cm³/mol. The fourth-order valence-electron chi connectivity index (χ4n) is 7.68. The summed E-state index contributed by atoms with van der Waals surface area (Å²) in [7, 11) is 0. The SMILES string of the molecule is CCOc1cc(O[C@H]2CCc3c(-c4cccc5c4CC[C@@H]5Oc4cc(OCC)c(CN[C@@H](CO)C(N)=O)cc4Cl)cccc32)c(Cl)cc1CC[C@@H](CO)C(N)=O. The molecule has 7 N–H and O–H groups in total. The van der Waals surface area contributed by atoms with Crippen LogP contribution in [-0.4, -0.2) is 54.5 Å². The number of carbonyl (C=O) groups is 2. The van der Waals surface area contributed by atoms with Gasteiger partial charge < -0.3 is 40.6 Å². The van der Waals surface area contributed by atoms with Crippen LogP contribution in [0.2, 0.25) is 10.0 Å². The van der Waals surface area contributed by atoms with Gasteiger partial charge in [0.1, 0.15) is 41.2 Å². The summed E-state index contributed by atoms with van der Waals surface area (Å²) >= 11 is 13.6. The third-order valence-corrected chi connectivity index (χ3v) is 11.1. The second kappa shape index (κ2) is 18.6. The minimum Gasteiger partial charge on any atom is -0.493 e. The van der Waals surface area contributed by atoms with E-state index < -0.39 is 30.4 Å². The molecule has 4 aromatic rings. The summed E-state index contributed by atoms with van der Waals surface area (Å²) in [6.07, 6.45) is 3.61. The van der Waals surface area contributed by atoms with Crippen LogP contribution in [0.5, 0.6) is 23.0 Å². The van der Waals surface area contributed by atoms with E-state index >= 15 is 0 Å². The molecule has 2 aliphatic rings. The predicted octanol–water partition coefficient (Wildman–Crippen LogP) is 6.55. The van der Waals surface area contributed by atoms with Crippen LogP contribution in [0.1, 0.15) is 78.7 Å². The van der Waals surface area contributed by atoms with Crippen molar-refractivity contribution in [3.05, 3.63) is 104 Å². The second-order valence-electron chi connectivity index (χ2n) is 14.0. The minimum absolute atomic E-state index is 0.214. The molecular formula is C43H49Cl2N3O8. The van der Waals surface area contributed by atoms with Crippen molar-refractivity contribution < 1.29 is 38.7 Å². The number of nitrogens with one attached hydrogen (secondary N) is 1. The number of aryl methyl sites for hydroxylation is 1. The van der Waals surface area contributed by atoms with Gasteiger partial charge in [-0.1, -0.05) is 59.6 Å². The smallest absolute Gasteiger partial charge is 0.236 e. The van der Waals surface area contributed by atoms with Crippen LogP contribution >= 0.6 is 23.2 Å². The first kappa shape index (κ1) is 41.1. The van der Waals surface area contributed by atoms with Crippen molar-refractivity contribution in [1.82, 2.24) is 5.32 Å². The first-order valence-corrected chi connectivity index (χ1v) is 19.8. The summed E-state index contributed by atoms with van der Waals surface area (Å²) in [5.41, 5.74) is 19.4. The Morgan fingerprint density at radius 1 is 0.750 bits per heavy atom. The number of carbonyl (C=O) groups excluding carboxylic acids is 2. The number of fused-ring (bicyclic) bond motifs is 2. The highest BCUT2D eigenvalue weighted by Gasteiger charge is 2.32. The second-order valence-corrected chi connectivity index (χ2v) is 14.8. The Morgan fingerprint density at radius 2 is 1.27 bits per heavy atom. The van der Waals surface area contributed by atoms with Crippen molar-refractivity contribution in [2.24, 2.45) is 17.4 Å². The quantitative estimate of drug-likeness (QED) is 0.0704. The van der Waals surface area contributed by atoms with Gasteiger partial charge in [0, 0.05) is 24.2 Å². The average molecular weight is 807 g/mol. The number of nitrogens with two attached hydrogens (primary N) is 2. The number of primary amides is 2. The molecule has 298 valence electrons. The maximum atomic E-state index is 11.7. The lowest BCUT2D eigenvalue weighted by molar-refractivity contribution is -0.123. The van der Waals surface area contributed by atoms with Gasteiger partial charge >= 0.3 is 0 Å². The van der Waals surface area contributed by atoms with E-state index in [0.29, 0.717) is 64.7 Å². The molecule has 4 atom stereocenters. The van der Waals surface area contributed by atoms with Gasteiger partial charge in [0.05, 0.1) is 42.4 Å². The molecular weight excluding hydrogens is 757 g/mol. The Hall–Kier alpha value is -4.52. The first-order chi connectivity index (χ1) is 27.1. The molecule has 0 aliphatic heterocycles. The molecule has 56 heavy (non-hydrogen) atoms. The maximum Gasteiger partial charge on any atom is 0.236 e. The third-order valence-electron chi connectivity index (χ3n) is 10.5. The molecule has 2 aliphatic carbocycles. The van der Waals surface area contributed by atoms with E-state index in [2.05, 4.69) is 41.7 Å². The standard InChI is InChI=1S/C43H49Cl2N3O8/c1-3-53-38-19-40(33(44)17-24(38)11-12-25(22-49)42(46)51)55-36-15-13-29-27(7-5-9-31(29)36)28-8-6-10-32-30(28)14-16-37(32)56-41-20-39(54-4-2)26(18-34(41)45)21-48-35(23-50)43(47)52/h5-10,17-20,25,35-37,48-50H,3-4,11-16,21-23H2,1-2H3,(H2,46,51)(H2,47,52)/t25-,35-,36-,37-/m0/s1. The molecule has 0 spiro atoms. The third kappa shape index (κ3) is 9.03. The highest BCUT2D eigenvalue weighted by Crippen LogP contribution is 2.47. The number of aliphatic hydroxyl groups is 2. The molecule has 13 heteroatoms. The van der Waals surface area contributed by atoms with Crippen molar-refractivity contribution in [2.75, 3.05) is 26.4 Å². The molecule has 2 amide bonds. The molecule has 6 rings (SSSR count). The summed E-state index contributed by atoms with van der Waals surface area (Å²) in [5.74, 6) is 0.360. The number of rotatable bonds is 19. The number of aliphatic hydroxyl groups excluding tert-OH is 2. The zero-order valence-electron chi connectivity index (χ0n) is 31.6. The van der Waals surface area contributed by atoms with Crippen LogP contribution in [-0.2, 0) is 35.4 Å². The summed E-state index contributed by atoms with van der Waals surface area (Å²) < 4.78 is 25.1. The molecule has 0 heterocycles. The van der Waals surface area contributed by atoms with Gasteiger partial charge in [-0.25, -0.2) is 0 Å². The normalized spacial score (nSPS) is 16.8. The zero-order chi connectivity index (χ0) is 39.9. The monoisotopic (exact) mass is 805 g/mol. The van der Waals surface area contributed by atoms with Gasteiger partial charge in [0.2, 0.25) is 11.8 Å². The van der Waals surface area contributed by atoms with E-state index in [1.54, 1.807) is 12.1 Å². The maximum absolute atomic E-state index is 11.7. The Labute approximate surface area is 337 Å². The number of benzene rings is 4. The lowest BCUT2D eigenvalue weighted by Crippen LogP contribution is -2.43. The zero-order valence-corrected chi connectivity index (χ0v) is 33.1. The largest absolute Gasteiger partial charge is 0.493 e. The Bertz CT molecular complexity index is 1920. The van der Waals surface area contributed by atoms with E-state index in [0.717, 1.165) is 42.4 Å². The van der Waals surface area contributed by atoms with Crippen molar-refractivity contribution >= 4 is 35.0 Å². The summed E-state index contributed by atoms with van der Waals surface area (Å²) in [4.78, 5) is 23.3. The number of hydrogen-bond donors (Lipinski definition) is 5. The van der Waals surface area contributed by atoms with Gasteiger partial charge in [-0.05, 0) is 103 Å². The fourth-order valence-corrected chi connectivity index (χ4v) is 8.14. The Morgan fingerprint density at radius 3 is 1.73 bits per heavy atom. The molecule has 0 radical (unpaired) electrons. The van der Waals surface area contributed by atoms with E-state index in [1.807, 2.05) is 26.0 Å². The van der Waals surface area contributed by atoms with Crippen LogP contribution in [0.25, 0.3) is 11.1 Å². The minimum atomic E-state index is -0.896. The lowest BCUT2D eigenvalue weighted by atomic mass is 9.91. The topological polar surface area (TPSA) is 176 Å². The van der Waals surface area contributed by atoms with Crippen molar-refractivity contribution in [3.63, 3.8) is 0 Å². The van der Waals surface area contributed by atoms with Crippen LogP contribution < -0.4 is 35.7 Å². The van der Waals surface area contributed by atoms with Crippen LogP contribution in [0.3, 0.4) is 0 Å². The highest BCUT2D eigenvalue weighted by molar-refractivity contribution is 6.32. The molecule has 11 nitrogen and oxygen atoms in total. The van der Waals surface area contributed by atoms with E-state index in [1.165, 1.54) is 22.3 Å². The molecule has 0 fully saturated rings. The first-order valence-electron chi connectivity index (χ1n) is 19.1. The van der Waals surface area contributed by atoms with Gasteiger partial charge in [0.25, 0.3) is 0 Å². The van der Waals surface area contributed by atoms with E-state index in [9.17, 15) is 19.8 Å². The summed E-state index contributed by atoms with van der Waals surface area (Å²) in [5, 5.41) is 22.9. The number of hydrogen-bond acceptors (Lipinski definition) is 9. The summed E-state index contributed by atoms with van der Waals surface area (Å²) in [6, 6.07) is 19.0. The Kier molecular flexibility index (Phi) is 13.7. The average Bonchev–Trinajstić information content (AvgIpc) is 3.79. The van der Waals surface area contributed by atoms with Crippen molar-refractivity contribution in [2.45, 2.75) is 77.2 Å². The molecule has 0 bridgehead atoms. The van der Waals surface area contributed by atoms with E-state index in [4.69, 9.17) is 53.6 Å². The molecule has 4 aromatic carbocycles. The van der Waals surface area contributed by atoms with Crippen molar-refractivity contribution in [3.8, 4) is 34.1 Å². The van der Waals surface area contributed by atoms with Gasteiger partial charge in [-0.2, -0.15) is 0 Å². The fraction of sp³-hybridized carbons (Fsp3) is 0.395. The molecule has 0 unspecified atom stereocenters.